The predicted octanol–water partition coefficient (Wildman–Crippen LogP) is 5.45. The van der Waals surface area contributed by atoms with Crippen LogP contribution in [0, 0.1) is 0 Å². The first-order valence-electron chi connectivity index (χ1n) is 11.2. The number of rotatable bonds is 8. The fourth-order valence-electron chi connectivity index (χ4n) is 4.81. The summed E-state index contributed by atoms with van der Waals surface area (Å²) >= 11 is 5.73. The molecule has 0 aromatic heterocycles. The number of likely N-dealkylation sites (tertiary alicyclic amines) is 1. The maximum atomic E-state index is 6.17. The monoisotopic (exact) mass is 432 g/mol. The fraction of sp³-hybridized carbons (Fsp3) is 0.370. The minimum atomic E-state index is -0.180. The molecule has 162 valence electrons. The normalized spacial score (nSPS) is 19.6. The van der Waals surface area contributed by atoms with Gasteiger partial charge in [-0.05, 0) is 42.5 Å². The second-order valence-corrected chi connectivity index (χ2v) is 9.01. The molecule has 1 aliphatic heterocycles. The van der Waals surface area contributed by atoms with E-state index in [4.69, 9.17) is 17.0 Å². The van der Waals surface area contributed by atoms with Crippen molar-refractivity contribution in [2.24, 2.45) is 0 Å². The summed E-state index contributed by atoms with van der Waals surface area (Å²) in [6.07, 6.45) is 10.3. The van der Waals surface area contributed by atoms with Gasteiger partial charge < -0.3 is 15.0 Å². The van der Waals surface area contributed by atoms with Crippen molar-refractivity contribution >= 4 is 22.8 Å². The molecule has 4 rings (SSSR count). The third-order valence-electron chi connectivity index (χ3n) is 6.53. The highest BCUT2D eigenvalue weighted by Gasteiger charge is 2.44. The molecule has 0 radical (unpaired) electrons. The van der Waals surface area contributed by atoms with Crippen LogP contribution in [0.2, 0.25) is 0 Å². The average Bonchev–Trinajstić information content (AvgIpc) is 2.82. The largest absolute Gasteiger partial charge is 0.377 e. The molecule has 1 aliphatic carbocycles. The van der Waals surface area contributed by atoms with E-state index in [1.165, 1.54) is 5.56 Å². The van der Waals surface area contributed by atoms with Gasteiger partial charge in [-0.15, -0.1) is 0 Å². The molecule has 1 saturated heterocycles. The van der Waals surface area contributed by atoms with Gasteiger partial charge in [0.2, 0.25) is 0 Å². The lowest BCUT2D eigenvalue weighted by Gasteiger charge is -2.48. The molecule has 0 bridgehead atoms. The van der Waals surface area contributed by atoms with E-state index in [1.54, 1.807) is 0 Å². The third-order valence-corrected chi connectivity index (χ3v) is 6.93. The summed E-state index contributed by atoms with van der Waals surface area (Å²) in [7, 11) is 1.82. The Bertz CT molecular complexity index is 915. The lowest BCUT2D eigenvalue weighted by atomic mass is 9.76. The summed E-state index contributed by atoms with van der Waals surface area (Å²) in [5.41, 5.74) is 3.52. The Morgan fingerprint density at radius 1 is 1.03 bits per heavy atom. The number of thiocarbonyl (C=S) groups is 1. The van der Waals surface area contributed by atoms with Crippen LogP contribution in [0.4, 0.5) is 5.69 Å². The SMILES string of the molecule is COC(C1=CC=CCC1=S)C1(Nc2ccccc2)CCN(CCc2ccccc2)CC1. The molecule has 2 aromatic carbocycles. The zero-order chi connectivity index (χ0) is 21.5. The standard InChI is InChI=1S/C27H32N2OS/c1-30-26(24-14-8-9-15-25(24)31)27(28-23-12-6-3-7-13-23)17-20-29(21-18-27)19-16-22-10-4-2-5-11-22/h2-14,26,28H,15-21H2,1H3. The molecule has 1 atom stereocenters. The zero-order valence-electron chi connectivity index (χ0n) is 18.3. The Morgan fingerprint density at radius 2 is 1.71 bits per heavy atom. The Labute approximate surface area is 191 Å². The summed E-state index contributed by atoms with van der Waals surface area (Å²) in [5, 5.41) is 3.88. The summed E-state index contributed by atoms with van der Waals surface area (Å²) in [6.45, 7) is 3.18. The molecule has 2 aliphatic rings. The summed E-state index contributed by atoms with van der Waals surface area (Å²) in [6, 6.07) is 21.3. The Kier molecular flexibility index (Phi) is 7.33. The number of nitrogens with one attached hydrogen (secondary N) is 1. The minimum Gasteiger partial charge on any atom is -0.377 e. The number of anilines is 1. The fourth-order valence-corrected chi connectivity index (χ4v) is 5.08. The summed E-state index contributed by atoms with van der Waals surface area (Å²) in [4.78, 5) is 3.58. The molecule has 0 amide bonds. The lowest BCUT2D eigenvalue weighted by Crippen LogP contribution is -2.58. The van der Waals surface area contributed by atoms with Gasteiger partial charge in [0, 0.05) is 43.7 Å². The van der Waals surface area contributed by atoms with Crippen molar-refractivity contribution in [1.29, 1.82) is 0 Å². The number of allylic oxidation sites excluding steroid dienone is 3. The van der Waals surface area contributed by atoms with Crippen LogP contribution in [0.3, 0.4) is 0 Å². The van der Waals surface area contributed by atoms with Gasteiger partial charge >= 0.3 is 0 Å². The van der Waals surface area contributed by atoms with Gasteiger partial charge in [-0.25, -0.2) is 0 Å². The first-order valence-corrected chi connectivity index (χ1v) is 11.6. The van der Waals surface area contributed by atoms with Gasteiger partial charge in [0.05, 0.1) is 5.54 Å². The highest BCUT2D eigenvalue weighted by atomic mass is 32.1. The summed E-state index contributed by atoms with van der Waals surface area (Å²) in [5.74, 6) is 0. The van der Waals surface area contributed by atoms with Crippen LogP contribution < -0.4 is 5.32 Å². The molecule has 0 saturated carbocycles. The number of nitrogens with zero attached hydrogens (tertiary/aromatic N) is 1. The molecular formula is C27H32N2OS. The highest BCUT2D eigenvalue weighted by Crippen LogP contribution is 2.36. The third kappa shape index (κ3) is 5.32. The predicted molar refractivity (Wildman–Crippen MR) is 134 cm³/mol. The Hall–Kier alpha value is -2.27. The first-order chi connectivity index (χ1) is 15.2. The molecular weight excluding hydrogens is 400 g/mol. The van der Waals surface area contributed by atoms with E-state index >= 15 is 0 Å². The number of methoxy groups -OCH3 is 1. The molecule has 3 nitrogen and oxygen atoms in total. The number of piperidine rings is 1. The maximum Gasteiger partial charge on any atom is 0.106 e. The van der Waals surface area contributed by atoms with Crippen molar-refractivity contribution in [2.45, 2.75) is 37.3 Å². The van der Waals surface area contributed by atoms with E-state index in [0.717, 1.165) is 61.4 Å². The molecule has 2 aromatic rings. The van der Waals surface area contributed by atoms with Crippen molar-refractivity contribution in [1.82, 2.24) is 4.90 Å². The van der Waals surface area contributed by atoms with Crippen molar-refractivity contribution in [3.63, 3.8) is 0 Å². The topological polar surface area (TPSA) is 24.5 Å². The number of hydrogen-bond donors (Lipinski definition) is 1. The van der Waals surface area contributed by atoms with Crippen LogP contribution in [0.25, 0.3) is 0 Å². The number of ether oxygens (including phenoxy) is 1. The van der Waals surface area contributed by atoms with Gasteiger partial charge in [0.25, 0.3) is 0 Å². The van der Waals surface area contributed by atoms with Crippen molar-refractivity contribution in [3.8, 4) is 0 Å². The van der Waals surface area contributed by atoms with Gasteiger partial charge in [-0.2, -0.15) is 0 Å². The number of benzene rings is 2. The molecule has 1 unspecified atom stereocenters. The van der Waals surface area contributed by atoms with E-state index in [1.807, 2.05) is 7.11 Å². The van der Waals surface area contributed by atoms with Crippen molar-refractivity contribution in [2.75, 3.05) is 32.1 Å². The highest BCUT2D eigenvalue weighted by molar-refractivity contribution is 7.80. The lowest BCUT2D eigenvalue weighted by molar-refractivity contribution is 0.0388. The van der Waals surface area contributed by atoms with Gasteiger partial charge in [0.15, 0.2) is 0 Å². The molecule has 0 spiro atoms. The van der Waals surface area contributed by atoms with Crippen LogP contribution in [0.1, 0.15) is 24.8 Å². The van der Waals surface area contributed by atoms with Crippen molar-refractivity contribution < 1.29 is 4.74 Å². The molecule has 4 heteroatoms. The van der Waals surface area contributed by atoms with E-state index < -0.39 is 0 Å². The van der Waals surface area contributed by atoms with Crippen molar-refractivity contribution in [3.05, 3.63) is 90.0 Å². The molecule has 1 heterocycles. The molecule has 1 fully saturated rings. The van der Waals surface area contributed by atoms with Crippen LogP contribution in [0.15, 0.2) is 84.5 Å². The second-order valence-electron chi connectivity index (χ2n) is 8.52. The van der Waals surface area contributed by atoms with E-state index in [2.05, 4.69) is 89.1 Å². The van der Waals surface area contributed by atoms with Gasteiger partial charge in [-0.1, -0.05) is 79.0 Å². The van der Waals surface area contributed by atoms with Crippen LogP contribution >= 0.6 is 12.2 Å². The smallest absolute Gasteiger partial charge is 0.106 e. The summed E-state index contributed by atoms with van der Waals surface area (Å²) < 4.78 is 6.17. The first kappa shape index (κ1) is 21.9. The van der Waals surface area contributed by atoms with E-state index in [-0.39, 0.29) is 11.6 Å². The zero-order valence-corrected chi connectivity index (χ0v) is 19.1. The quantitative estimate of drug-likeness (QED) is 0.561. The van der Waals surface area contributed by atoms with E-state index in [0.29, 0.717) is 0 Å². The minimum absolute atomic E-state index is 0.0681. The van der Waals surface area contributed by atoms with Gasteiger partial charge in [0.1, 0.15) is 6.10 Å². The van der Waals surface area contributed by atoms with Gasteiger partial charge in [-0.3, -0.25) is 0 Å². The van der Waals surface area contributed by atoms with Crippen LogP contribution in [-0.2, 0) is 11.2 Å². The molecule has 31 heavy (non-hydrogen) atoms. The van der Waals surface area contributed by atoms with E-state index in [9.17, 15) is 0 Å². The number of hydrogen-bond acceptors (Lipinski definition) is 4. The second kappa shape index (κ2) is 10.4. The average molecular weight is 433 g/mol. The Balaban J connectivity index is 1.52. The number of para-hydroxylation sites is 1. The molecule has 1 N–H and O–H groups in total. The van der Waals surface area contributed by atoms with Crippen LogP contribution in [-0.4, -0.2) is 48.2 Å². The Morgan fingerprint density at radius 3 is 2.35 bits per heavy atom. The maximum absolute atomic E-state index is 6.17. The van der Waals surface area contributed by atoms with Crippen LogP contribution in [0.5, 0.6) is 0 Å².